The van der Waals surface area contributed by atoms with Crippen LogP contribution in [0.25, 0.3) is 11.0 Å². The summed E-state index contributed by atoms with van der Waals surface area (Å²) in [6.07, 6.45) is -4.88. The molecule has 1 unspecified atom stereocenters. The van der Waals surface area contributed by atoms with Crippen LogP contribution in [0.15, 0.2) is 18.2 Å². The van der Waals surface area contributed by atoms with Crippen molar-refractivity contribution >= 4 is 11.0 Å². The lowest BCUT2D eigenvalue weighted by Gasteiger charge is -2.10. The highest BCUT2D eigenvalue weighted by atomic mass is 19.4. The third-order valence-electron chi connectivity index (χ3n) is 3.02. The van der Waals surface area contributed by atoms with Crippen molar-refractivity contribution in [2.75, 3.05) is 6.61 Å². The number of aromatic nitrogens is 2. The third-order valence-corrected chi connectivity index (χ3v) is 3.02. The first kappa shape index (κ1) is 14.8. The first-order valence-corrected chi connectivity index (χ1v) is 6.21. The molecule has 2 aromatic rings. The van der Waals surface area contributed by atoms with Gasteiger partial charge in [-0.1, -0.05) is 0 Å². The monoisotopic (exact) mass is 288 g/mol. The summed E-state index contributed by atoms with van der Waals surface area (Å²) in [7, 11) is 0. The number of aliphatic hydroxyl groups is 2. The first-order chi connectivity index (χ1) is 9.34. The Morgan fingerprint density at radius 2 is 2.05 bits per heavy atom. The quantitative estimate of drug-likeness (QED) is 0.908. The second kappa shape index (κ2) is 5.41. The van der Waals surface area contributed by atoms with Gasteiger partial charge in [-0.2, -0.15) is 13.2 Å². The van der Waals surface area contributed by atoms with Crippen molar-refractivity contribution in [3.8, 4) is 0 Å². The number of halogens is 3. The fourth-order valence-corrected chi connectivity index (χ4v) is 2.11. The molecular formula is C13H15F3N2O2. The van der Waals surface area contributed by atoms with E-state index in [0.29, 0.717) is 24.3 Å². The van der Waals surface area contributed by atoms with Gasteiger partial charge in [0.05, 0.1) is 16.6 Å². The highest BCUT2D eigenvalue weighted by Gasteiger charge is 2.31. The highest BCUT2D eigenvalue weighted by molar-refractivity contribution is 5.77. The topological polar surface area (TPSA) is 58.3 Å². The van der Waals surface area contributed by atoms with E-state index in [1.165, 1.54) is 13.0 Å². The average Bonchev–Trinajstić information content (AvgIpc) is 2.73. The van der Waals surface area contributed by atoms with Crippen LogP contribution < -0.4 is 0 Å². The molecule has 2 N–H and O–H groups in total. The minimum atomic E-state index is -4.42. The van der Waals surface area contributed by atoms with Crippen LogP contribution in [0.1, 0.15) is 30.8 Å². The number of hydrogen-bond acceptors (Lipinski definition) is 3. The Morgan fingerprint density at radius 1 is 1.35 bits per heavy atom. The Labute approximate surface area is 113 Å². The Bertz CT molecular complexity index is 605. The van der Waals surface area contributed by atoms with Gasteiger partial charge in [0.15, 0.2) is 0 Å². The zero-order valence-corrected chi connectivity index (χ0v) is 10.9. The summed E-state index contributed by atoms with van der Waals surface area (Å²) in [5, 5.41) is 18.5. The minimum Gasteiger partial charge on any atom is -0.396 e. The Morgan fingerprint density at radius 3 is 2.60 bits per heavy atom. The van der Waals surface area contributed by atoms with Crippen molar-refractivity contribution in [2.45, 2.75) is 32.2 Å². The summed E-state index contributed by atoms with van der Waals surface area (Å²) in [5.41, 5.74) is -0.0648. The van der Waals surface area contributed by atoms with Crippen LogP contribution in [0.4, 0.5) is 13.2 Å². The molecule has 0 spiro atoms. The number of hydrogen-bond donors (Lipinski definition) is 2. The maximum Gasteiger partial charge on any atom is 0.416 e. The second-order valence-corrected chi connectivity index (χ2v) is 4.58. The van der Waals surface area contributed by atoms with E-state index in [2.05, 4.69) is 4.98 Å². The maximum absolute atomic E-state index is 12.7. The zero-order chi connectivity index (χ0) is 14.9. The van der Waals surface area contributed by atoms with Crippen LogP contribution in [-0.2, 0) is 12.7 Å². The number of aliphatic hydroxyl groups excluding tert-OH is 2. The fraction of sp³-hybridized carbons (Fsp3) is 0.462. The lowest BCUT2D eigenvalue weighted by Crippen LogP contribution is -2.08. The average molecular weight is 288 g/mol. The number of benzene rings is 1. The third kappa shape index (κ3) is 2.78. The highest BCUT2D eigenvalue weighted by Crippen LogP contribution is 2.32. The molecule has 20 heavy (non-hydrogen) atoms. The summed E-state index contributed by atoms with van der Waals surface area (Å²) in [4.78, 5) is 4.07. The molecular weight excluding hydrogens is 273 g/mol. The molecule has 1 aromatic carbocycles. The smallest absolute Gasteiger partial charge is 0.396 e. The molecule has 7 heteroatoms. The van der Waals surface area contributed by atoms with Crippen molar-refractivity contribution in [3.05, 3.63) is 29.6 Å². The van der Waals surface area contributed by atoms with E-state index in [-0.39, 0.29) is 12.1 Å². The van der Waals surface area contributed by atoms with Gasteiger partial charge in [-0.05, 0) is 31.5 Å². The fourth-order valence-electron chi connectivity index (χ4n) is 2.11. The molecule has 1 atom stereocenters. The van der Waals surface area contributed by atoms with E-state index in [1.54, 1.807) is 4.57 Å². The number of imidazole rings is 1. The number of aryl methyl sites for hydroxylation is 1. The van der Waals surface area contributed by atoms with E-state index in [4.69, 9.17) is 5.11 Å². The normalized spacial score (nSPS) is 13.9. The van der Waals surface area contributed by atoms with Gasteiger partial charge >= 0.3 is 6.18 Å². The molecule has 4 nitrogen and oxygen atoms in total. The molecule has 0 bridgehead atoms. The molecule has 0 fully saturated rings. The summed E-state index contributed by atoms with van der Waals surface area (Å²) < 4.78 is 39.6. The molecule has 1 heterocycles. The van der Waals surface area contributed by atoms with E-state index in [9.17, 15) is 18.3 Å². The molecule has 110 valence electrons. The van der Waals surface area contributed by atoms with Crippen LogP contribution in [0.5, 0.6) is 0 Å². The van der Waals surface area contributed by atoms with Crippen LogP contribution in [0.2, 0.25) is 0 Å². The van der Waals surface area contributed by atoms with Gasteiger partial charge in [0.1, 0.15) is 11.9 Å². The molecule has 2 rings (SSSR count). The van der Waals surface area contributed by atoms with Crippen LogP contribution in [0.3, 0.4) is 0 Å². The van der Waals surface area contributed by atoms with Gasteiger partial charge in [0, 0.05) is 13.2 Å². The SMILES string of the molecule is CC(O)c1nc2cc(C(F)(F)F)ccc2n1CCCO. The predicted molar refractivity (Wildman–Crippen MR) is 67.1 cm³/mol. The summed E-state index contributed by atoms with van der Waals surface area (Å²) in [6.45, 7) is 1.85. The standard InChI is InChI=1S/C13H15F3N2O2/c1-8(20)12-17-10-7-9(13(14,15)16)3-4-11(10)18(12)5-2-6-19/h3-4,7-8,19-20H,2,5-6H2,1H3. The van der Waals surface area contributed by atoms with E-state index in [1.807, 2.05) is 0 Å². The zero-order valence-electron chi connectivity index (χ0n) is 10.9. The van der Waals surface area contributed by atoms with Crippen molar-refractivity contribution < 1.29 is 23.4 Å². The van der Waals surface area contributed by atoms with Crippen molar-refractivity contribution in [3.63, 3.8) is 0 Å². The lowest BCUT2D eigenvalue weighted by atomic mass is 10.2. The Hall–Kier alpha value is -1.60. The van der Waals surface area contributed by atoms with Gasteiger partial charge < -0.3 is 14.8 Å². The van der Waals surface area contributed by atoms with Crippen molar-refractivity contribution in [1.29, 1.82) is 0 Å². The Kier molecular flexibility index (Phi) is 4.01. The van der Waals surface area contributed by atoms with E-state index < -0.39 is 17.8 Å². The van der Waals surface area contributed by atoms with E-state index >= 15 is 0 Å². The Balaban J connectivity index is 2.55. The van der Waals surface area contributed by atoms with Crippen molar-refractivity contribution in [2.24, 2.45) is 0 Å². The summed E-state index contributed by atoms with van der Waals surface area (Å²) in [5.74, 6) is 0.299. The second-order valence-electron chi connectivity index (χ2n) is 4.58. The number of alkyl halides is 3. The van der Waals surface area contributed by atoms with Crippen LogP contribution >= 0.6 is 0 Å². The maximum atomic E-state index is 12.7. The number of rotatable bonds is 4. The van der Waals surface area contributed by atoms with Crippen LogP contribution in [0, 0.1) is 0 Å². The molecule has 0 saturated heterocycles. The lowest BCUT2D eigenvalue weighted by molar-refractivity contribution is -0.137. The molecule has 0 aliphatic heterocycles. The van der Waals surface area contributed by atoms with Gasteiger partial charge in [0.2, 0.25) is 0 Å². The number of fused-ring (bicyclic) bond motifs is 1. The molecule has 0 radical (unpaired) electrons. The van der Waals surface area contributed by atoms with Gasteiger partial charge in [0.25, 0.3) is 0 Å². The molecule has 0 amide bonds. The number of nitrogens with zero attached hydrogens (tertiary/aromatic N) is 2. The molecule has 0 aliphatic carbocycles. The minimum absolute atomic E-state index is 0.0421. The molecule has 0 saturated carbocycles. The first-order valence-electron chi connectivity index (χ1n) is 6.21. The predicted octanol–water partition coefficient (Wildman–Crippen LogP) is 2.49. The summed E-state index contributed by atoms with van der Waals surface area (Å²) in [6, 6.07) is 3.30. The molecule has 1 aromatic heterocycles. The molecule has 0 aliphatic rings. The summed E-state index contributed by atoms with van der Waals surface area (Å²) >= 11 is 0. The van der Waals surface area contributed by atoms with Gasteiger partial charge in [-0.25, -0.2) is 4.98 Å². The van der Waals surface area contributed by atoms with Gasteiger partial charge in [-0.15, -0.1) is 0 Å². The van der Waals surface area contributed by atoms with Gasteiger partial charge in [-0.3, -0.25) is 0 Å². The van der Waals surface area contributed by atoms with Crippen molar-refractivity contribution in [1.82, 2.24) is 9.55 Å². The van der Waals surface area contributed by atoms with Crippen LogP contribution in [-0.4, -0.2) is 26.4 Å². The largest absolute Gasteiger partial charge is 0.416 e. The van der Waals surface area contributed by atoms with E-state index in [0.717, 1.165) is 12.1 Å².